The second-order valence-electron chi connectivity index (χ2n) is 4.12. The SMILES string of the molecule is O=C1CC(n2c(-c3ccncc3)n[nH]c2=S)CN1. The van der Waals surface area contributed by atoms with Crippen LogP contribution in [0.1, 0.15) is 12.5 Å². The van der Waals surface area contributed by atoms with Crippen molar-refractivity contribution in [3.05, 3.63) is 29.3 Å². The fourth-order valence-corrected chi connectivity index (χ4v) is 2.40. The molecule has 0 aliphatic carbocycles. The number of hydrogen-bond donors (Lipinski definition) is 2. The van der Waals surface area contributed by atoms with E-state index in [1.165, 1.54) is 0 Å². The summed E-state index contributed by atoms with van der Waals surface area (Å²) in [4.78, 5) is 15.3. The molecule has 0 saturated carbocycles. The molecule has 1 amide bonds. The molecule has 1 aliphatic heterocycles. The topological polar surface area (TPSA) is 75.6 Å². The molecule has 3 heterocycles. The van der Waals surface area contributed by atoms with Gasteiger partial charge in [0.1, 0.15) is 0 Å². The maximum absolute atomic E-state index is 11.3. The average molecular weight is 261 g/mol. The van der Waals surface area contributed by atoms with Gasteiger partial charge in [-0.3, -0.25) is 19.4 Å². The molecule has 2 aromatic heterocycles. The van der Waals surface area contributed by atoms with Crippen LogP contribution in [-0.4, -0.2) is 32.2 Å². The number of aromatic amines is 1. The zero-order chi connectivity index (χ0) is 12.5. The van der Waals surface area contributed by atoms with E-state index in [2.05, 4.69) is 20.5 Å². The van der Waals surface area contributed by atoms with Crippen LogP contribution < -0.4 is 5.32 Å². The summed E-state index contributed by atoms with van der Waals surface area (Å²) in [6.07, 6.45) is 3.84. The number of hydrogen-bond acceptors (Lipinski definition) is 4. The number of H-pyrrole nitrogens is 1. The van der Waals surface area contributed by atoms with E-state index in [0.29, 0.717) is 17.7 Å². The van der Waals surface area contributed by atoms with E-state index < -0.39 is 0 Å². The Labute approximate surface area is 108 Å². The van der Waals surface area contributed by atoms with Gasteiger partial charge in [0.05, 0.1) is 6.04 Å². The quantitative estimate of drug-likeness (QED) is 0.793. The van der Waals surface area contributed by atoms with Crippen LogP contribution in [0.3, 0.4) is 0 Å². The van der Waals surface area contributed by atoms with Crippen molar-refractivity contribution in [2.45, 2.75) is 12.5 Å². The monoisotopic (exact) mass is 261 g/mol. The third-order valence-electron chi connectivity index (χ3n) is 2.96. The molecule has 18 heavy (non-hydrogen) atoms. The summed E-state index contributed by atoms with van der Waals surface area (Å²) in [5.41, 5.74) is 0.927. The Hall–Kier alpha value is -2.02. The van der Waals surface area contributed by atoms with Gasteiger partial charge in [0, 0.05) is 30.9 Å². The van der Waals surface area contributed by atoms with E-state index in [4.69, 9.17) is 12.2 Å². The van der Waals surface area contributed by atoms with Crippen molar-refractivity contribution in [2.24, 2.45) is 0 Å². The number of nitrogens with zero attached hydrogens (tertiary/aromatic N) is 3. The third-order valence-corrected chi connectivity index (χ3v) is 3.25. The van der Waals surface area contributed by atoms with E-state index in [-0.39, 0.29) is 11.9 Å². The van der Waals surface area contributed by atoms with Gasteiger partial charge in [0.25, 0.3) is 0 Å². The van der Waals surface area contributed by atoms with Crippen LogP contribution in [0.4, 0.5) is 0 Å². The molecule has 1 fully saturated rings. The van der Waals surface area contributed by atoms with Gasteiger partial charge in [-0.05, 0) is 24.4 Å². The van der Waals surface area contributed by atoms with E-state index in [1.54, 1.807) is 12.4 Å². The Morgan fingerprint density at radius 2 is 2.17 bits per heavy atom. The van der Waals surface area contributed by atoms with E-state index in [0.717, 1.165) is 11.4 Å². The lowest BCUT2D eigenvalue weighted by molar-refractivity contribution is -0.119. The zero-order valence-corrected chi connectivity index (χ0v) is 10.3. The predicted octanol–water partition coefficient (Wildman–Crippen LogP) is 1.06. The third kappa shape index (κ3) is 1.82. The first-order valence-corrected chi connectivity index (χ1v) is 6.00. The van der Waals surface area contributed by atoms with Gasteiger partial charge in [-0.2, -0.15) is 5.10 Å². The van der Waals surface area contributed by atoms with Gasteiger partial charge in [-0.15, -0.1) is 0 Å². The first-order valence-electron chi connectivity index (χ1n) is 5.59. The first kappa shape index (κ1) is 11.1. The van der Waals surface area contributed by atoms with Crippen molar-refractivity contribution >= 4 is 18.1 Å². The molecule has 0 bridgehead atoms. The minimum Gasteiger partial charge on any atom is -0.354 e. The molecule has 92 valence electrons. The van der Waals surface area contributed by atoms with Gasteiger partial charge >= 0.3 is 0 Å². The summed E-state index contributed by atoms with van der Waals surface area (Å²) in [6, 6.07) is 3.75. The lowest BCUT2D eigenvalue weighted by Crippen LogP contribution is -2.16. The fraction of sp³-hybridized carbons (Fsp3) is 0.273. The molecule has 7 heteroatoms. The molecular weight excluding hydrogens is 250 g/mol. The number of amides is 1. The highest BCUT2D eigenvalue weighted by atomic mass is 32.1. The number of nitrogens with one attached hydrogen (secondary N) is 2. The summed E-state index contributed by atoms with van der Waals surface area (Å²) in [6.45, 7) is 0.588. The van der Waals surface area contributed by atoms with Gasteiger partial charge in [-0.25, -0.2) is 0 Å². The largest absolute Gasteiger partial charge is 0.354 e. The number of aromatic nitrogens is 4. The van der Waals surface area contributed by atoms with Crippen molar-refractivity contribution in [3.63, 3.8) is 0 Å². The summed E-state index contributed by atoms with van der Waals surface area (Å²) in [5, 5.41) is 9.82. The number of carbonyl (C=O) groups is 1. The molecule has 1 saturated heterocycles. The smallest absolute Gasteiger partial charge is 0.222 e. The van der Waals surface area contributed by atoms with Crippen LogP contribution in [-0.2, 0) is 4.79 Å². The zero-order valence-electron chi connectivity index (χ0n) is 9.46. The highest BCUT2D eigenvalue weighted by Gasteiger charge is 2.26. The molecule has 1 atom stereocenters. The average Bonchev–Trinajstić information content (AvgIpc) is 2.96. The van der Waals surface area contributed by atoms with Crippen molar-refractivity contribution < 1.29 is 4.79 Å². The molecular formula is C11H11N5OS. The minimum absolute atomic E-state index is 0.0203. The number of pyridine rings is 1. The van der Waals surface area contributed by atoms with Crippen molar-refractivity contribution in [3.8, 4) is 11.4 Å². The van der Waals surface area contributed by atoms with E-state index in [9.17, 15) is 4.79 Å². The summed E-state index contributed by atoms with van der Waals surface area (Å²) >= 11 is 5.24. The highest BCUT2D eigenvalue weighted by Crippen LogP contribution is 2.24. The van der Waals surface area contributed by atoms with Crippen LogP contribution in [0.2, 0.25) is 0 Å². The summed E-state index contributed by atoms with van der Waals surface area (Å²) < 4.78 is 2.42. The second-order valence-corrected chi connectivity index (χ2v) is 4.51. The number of rotatable bonds is 2. The van der Waals surface area contributed by atoms with Crippen molar-refractivity contribution in [1.82, 2.24) is 25.1 Å². The van der Waals surface area contributed by atoms with Crippen LogP contribution in [0, 0.1) is 4.77 Å². The van der Waals surface area contributed by atoms with E-state index >= 15 is 0 Å². The summed E-state index contributed by atoms with van der Waals surface area (Å²) in [7, 11) is 0. The van der Waals surface area contributed by atoms with Gasteiger partial charge < -0.3 is 5.32 Å². The van der Waals surface area contributed by atoms with Gasteiger partial charge in [-0.1, -0.05) is 0 Å². The lowest BCUT2D eigenvalue weighted by atomic mass is 10.2. The van der Waals surface area contributed by atoms with E-state index in [1.807, 2.05) is 16.7 Å². The summed E-state index contributed by atoms with van der Waals surface area (Å²) in [5.74, 6) is 0.785. The van der Waals surface area contributed by atoms with Crippen LogP contribution in [0.5, 0.6) is 0 Å². The molecule has 1 unspecified atom stereocenters. The first-order chi connectivity index (χ1) is 8.75. The molecule has 0 spiro atoms. The highest BCUT2D eigenvalue weighted by molar-refractivity contribution is 7.71. The van der Waals surface area contributed by atoms with Crippen molar-refractivity contribution in [1.29, 1.82) is 0 Å². The van der Waals surface area contributed by atoms with Crippen LogP contribution in [0.25, 0.3) is 11.4 Å². The van der Waals surface area contributed by atoms with Crippen molar-refractivity contribution in [2.75, 3.05) is 6.54 Å². The maximum Gasteiger partial charge on any atom is 0.222 e. The lowest BCUT2D eigenvalue weighted by Gasteiger charge is -2.12. The molecule has 2 aromatic rings. The fourth-order valence-electron chi connectivity index (χ4n) is 2.12. The second kappa shape index (κ2) is 4.34. The Bertz CT molecular complexity index is 632. The molecule has 3 rings (SSSR count). The molecule has 2 N–H and O–H groups in total. The minimum atomic E-state index is 0.0203. The Balaban J connectivity index is 2.07. The predicted molar refractivity (Wildman–Crippen MR) is 67.3 cm³/mol. The Morgan fingerprint density at radius 3 is 2.83 bits per heavy atom. The van der Waals surface area contributed by atoms with Gasteiger partial charge in [0.2, 0.25) is 5.91 Å². The molecule has 6 nitrogen and oxygen atoms in total. The standard InChI is InChI=1S/C11H11N5OS/c17-9-5-8(6-13-9)16-10(14-15-11(16)18)7-1-3-12-4-2-7/h1-4,8H,5-6H2,(H,13,17)(H,15,18). The number of carbonyl (C=O) groups excluding carboxylic acids is 1. The molecule has 1 aliphatic rings. The van der Waals surface area contributed by atoms with Gasteiger partial charge in [0.15, 0.2) is 10.6 Å². The Kier molecular flexibility index (Phi) is 2.67. The molecule has 0 radical (unpaired) electrons. The normalized spacial score (nSPS) is 18.9. The van der Waals surface area contributed by atoms with Crippen LogP contribution >= 0.6 is 12.2 Å². The maximum atomic E-state index is 11.3. The van der Waals surface area contributed by atoms with Crippen LogP contribution in [0.15, 0.2) is 24.5 Å². The molecule has 0 aromatic carbocycles. The Morgan fingerprint density at radius 1 is 1.39 bits per heavy atom.